The molecule has 4 atom stereocenters. The zero-order chi connectivity index (χ0) is 11.1. The minimum absolute atomic E-state index is 0.147. The van der Waals surface area contributed by atoms with Gasteiger partial charge in [-0.2, -0.15) is 0 Å². The summed E-state index contributed by atoms with van der Waals surface area (Å²) in [5, 5.41) is 9.94. The molecule has 0 aromatic heterocycles. The lowest BCUT2D eigenvalue weighted by atomic mass is 9.90. The molecule has 1 saturated carbocycles. The third kappa shape index (κ3) is 2.10. The van der Waals surface area contributed by atoms with Gasteiger partial charge in [0, 0.05) is 12.3 Å². The second-order valence-electron chi connectivity index (χ2n) is 5.02. The predicted molar refractivity (Wildman–Crippen MR) is 57.3 cm³/mol. The van der Waals surface area contributed by atoms with Gasteiger partial charge in [0.2, 0.25) is 0 Å². The first-order valence-corrected chi connectivity index (χ1v) is 5.64. The molecule has 2 aliphatic rings. The van der Waals surface area contributed by atoms with Gasteiger partial charge >= 0.3 is 0 Å². The van der Waals surface area contributed by atoms with Crippen LogP contribution in [0.3, 0.4) is 0 Å². The van der Waals surface area contributed by atoms with Crippen molar-refractivity contribution >= 4 is 0 Å². The Kier molecular flexibility index (Phi) is 2.88. The summed E-state index contributed by atoms with van der Waals surface area (Å²) in [4.78, 5) is 0. The lowest BCUT2D eigenvalue weighted by Crippen LogP contribution is -2.44. The lowest BCUT2D eigenvalue weighted by Gasteiger charge is -2.39. The Morgan fingerprint density at radius 3 is 2.93 bits per heavy atom. The van der Waals surface area contributed by atoms with Crippen molar-refractivity contribution in [2.75, 3.05) is 6.61 Å². The zero-order valence-corrected chi connectivity index (χ0v) is 9.48. The Morgan fingerprint density at radius 1 is 1.53 bits per heavy atom. The molecule has 1 aliphatic carbocycles. The molecule has 1 heterocycles. The second-order valence-corrected chi connectivity index (χ2v) is 5.02. The average molecular weight is 212 g/mol. The van der Waals surface area contributed by atoms with Crippen molar-refractivity contribution in [2.45, 2.75) is 44.7 Å². The smallest absolute Gasteiger partial charge is 0.163 e. The van der Waals surface area contributed by atoms with Gasteiger partial charge in [0.1, 0.15) is 0 Å². The minimum Gasteiger partial charge on any atom is -0.393 e. The molecular formula is C12H20O3. The highest BCUT2D eigenvalue weighted by Crippen LogP contribution is 2.42. The van der Waals surface area contributed by atoms with Crippen LogP contribution < -0.4 is 0 Å². The van der Waals surface area contributed by atoms with Crippen LogP contribution in [0.15, 0.2) is 12.7 Å². The molecule has 0 bridgehead atoms. The molecule has 0 spiro atoms. The maximum Gasteiger partial charge on any atom is 0.163 e. The van der Waals surface area contributed by atoms with Gasteiger partial charge in [-0.05, 0) is 26.2 Å². The van der Waals surface area contributed by atoms with Crippen LogP contribution in [-0.4, -0.2) is 29.7 Å². The topological polar surface area (TPSA) is 38.7 Å². The highest BCUT2D eigenvalue weighted by Gasteiger charge is 2.48. The first-order chi connectivity index (χ1) is 7.03. The van der Waals surface area contributed by atoms with E-state index in [1.807, 2.05) is 19.9 Å². The molecule has 2 fully saturated rings. The Bertz CT molecular complexity index is 249. The van der Waals surface area contributed by atoms with Crippen molar-refractivity contribution in [3.63, 3.8) is 0 Å². The van der Waals surface area contributed by atoms with Crippen LogP contribution in [0.25, 0.3) is 0 Å². The van der Waals surface area contributed by atoms with E-state index in [9.17, 15) is 5.11 Å². The van der Waals surface area contributed by atoms with Crippen LogP contribution in [0.4, 0.5) is 0 Å². The van der Waals surface area contributed by atoms with Crippen LogP contribution >= 0.6 is 0 Å². The summed E-state index contributed by atoms with van der Waals surface area (Å²) >= 11 is 0. The summed E-state index contributed by atoms with van der Waals surface area (Å²) in [5.74, 6) is 0.0823. The SMILES string of the molecule is C=CC[C@@H]1[C@H]2COC(C)(C)O[C@@H]2C[C@@H]1O. The highest BCUT2D eigenvalue weighted by atomic mass is 16.7. The number of ether oxygens (including phenoxy) is 2. The molecule has 1 N–H and O–H groups in total. The van der Waals surface area contributed by atoms with E-state index >= 15 is 0 Å². The second kappa shape index (κ2) is 3.89. The molecule has 86 valence electrons. The number of hydrogen-bond donors (Lipinski definition) is 1. The van der Waals surface area contributed by atoms with Crippen molar-refractivity contribution in [3.8, 4) is 0 Å². The normalized spacial score (nSPS) is 43.7. The number of aliphatic hydroxyl groups is 1. The number of allylic oxidation sites excluding steroid dienone is 1. The third-order valence-corrected chi connectivity index (χ3v) is 3.49. The van der Waals surface area contributed by atoms with E-state index in [1.54, 1.807) is 0 Å². The van der Waals surface area contributed by atoms with Crippen molar-refractivity contribution in [1.29, 1.82) is 0 Å². The Morgan fingerprint density at radius 2 is 2.27 bits per heavy atom. The molecule has 0 aromatic rings. The molecule has 3 heteroatoms. The summed E-state index contributed by atoms with van der Waals surface area (Å²) in [6.45, 7) is 8.27. The van der Waals surface area contributed by atoms with Crippen LogP contribution in [-0.2, 0) is 9.47 Å². The predicted octanol–water partition coefficient (Wildman–Crippen LogP) is 1.71. The maximum atomic E-state index is 9.94. The molecule has 0 amide bonds. The molecule has 1 aliphatic heterocycles. The Labute approximate surface area is 91.1 Å². The standard InChI is InChI=1S/C12H20O3/c1-4-5-8-9-7-14-12(2,3)15-11(9)6-10(8)13/h4,8-11,13H,1,5-7H2,2-3H3/t8-,9-,10+,11-/m1/s1. The van der Waals surface area contributed by atoms with Crippen molar-refractivity contribution in [1.82, 2.24) is 0 Å². The maximum absolute atomic E-state index is 9.94. The lowest BCUT2D eigenvalue weighted by molar-refractivity contribution is -0.290. The zero-order valence-electron chi connectivity index (χ0n) is 9.48. The van der Waals surface area contributed by atoms with Crippen LogP contribution in [0.2, 0.25) is 0 Å². The van der Waals surface area contributed by atoms with Crippen molar-refractivity contribution < 1.29 is 14.6 Å². The van der Waals surface area contributed by atoms with E-state index in [0.717, 1.165) is 12.8 Å². The van der Waals surface area contributed by atoms with Crippen LogP contribution in [0.1, 0.15) is 26.7 Å². The molecule has 0 radical (unpaired) electrons. The van der Waals surface area contributed by atoms with E-state index in [0.29, 0.717) is 12.5 Å². The quantitative estimate of drug-likeness (QED) is 0.708. The molecule has 0 unspecified atom stereocenters. The molecule has 15 heavy (non-hydrogen) atoms. The van der Waals surface area contributed by atoms with Gasteiger partial charge in [-0.25, -0.2) is 0 Å². The third-order valence-electron chi connectivity index (χ3n) is 3.49. The van der Waals surface area contributed by atoms with Gasteiger partial charge in [0.15, 0.2) is 5.79 Å². The number of aliphatic hydroxyl groups excluding tert-OH is 1. The number of hydrogen-bond acceptors (Lipinski definition) is 3. The Balaban J connectivity index is 2.07. The molecule has 1 saturated heterocycles. The fourth-order valence-corrected chi connectivity index (χ4v) is 2.73. The fourth-order valence-electron chi connectivity index (χ4n) is 2.73. The summed E-state index contributed by atoms with van der Waals surface area (Å²) in [6.07, 6.45) is 3.32. The summed E-state index contributed by atoms with van der Waals surface area (Å²) in [5.41, 5.74) is 0. The average Bonchev–Trinajstić information content (AvgIpc) is 2.41. The van der Waals surface area contributed by atoms with Gasteiger partial charge in [-0.15, -0.1) is 6.58 Å². The van der Waals surface area contributed by atoms with Gasteiger partial charge in [0.25, 0.3) is 0 Å². The molecule has 2 rings (SSSR count). The van der Waals surface area contributed by atoms with E-state index < -0.39 is 5.79 Å². The largest absolute Gasteiger partial charge is 0.393 e. The van der Waals surface area contributed by atoms with Crippen molar-refractivity contribution in [3.05, 3.63) is 12.7 Å². The van der Waals surface area contributed by atoms with Gasteiger partial charge in [0.05, 0.1) is 18.8 Å². The van der Waals surface area contributed by atoms with E-state index in [2.05, 4.69) is 6.58 Å². The monoisotopic (exact) mass is 212 g/mol. The number of fused-ring (bicyclic) bond motifs is 1. The molecule has 0 aromatic carbocycles. The summed E-state index contributed by atoms with van der Waals surface area (Å²) in [6, 6.07) is 0. The highest BCUT2D eigenvalue weighted by molar-refractivity contribution is 4.96. The molecular weight excluding hydrogens is 192 g/mol. The van der Waals surface area contributed by atoms with Crippen molar-refractivity contribution in [2.24, 2.45) is 11.8 Å². The first kappa shape index (κ1) is 11.1. The van der Waals surface area contributed by atoms with E-state index in [4.69, 9.17) is 9.47 Å². The first-order valence-electron chi connectivity index (χ1n) is 5.64. The molecule has 3 nitrogen and oxygen atoms in total. The van der Waals surface area contributed by atoms with E-state index in [1.165, 1.54) is 0 Å². The van der Waals surface area contributed by atoms with Crippen LogP contribution in [0, 0.1) is 11.8 Å². The van der Waals surface area contributed by atoms with Gasteiger partial charge < -0.3 is 14.6 Å². The summed E-state index contributed by atoms with van der Waals surface area (Å²) < 4.78 is 11.5. The minimum atomic E-state index is -0.496. The van der Waals surface area contributed by atoms with Gasteiger partial charge in [-0.3, -0.25) is 0 Å². The van der Waals surface area contributed by atoms with E-state index in [-0.39, 0.29) is 18.1 Å². The summed E-state index contributed by atoms with van der Waals surface area (Å²) in [7, 11) is 0. The number of rotatable bonds is 2. The van der Waals surface area contributed by atoms with Crippen LogP contribution in [0.5, 0.6) is 0 Å². The fraction of sp³-hybridized carbons (Fsp3) is 0.833. The van der Waals surface area contributed by atoms with Gasteiger partial charge in [-0.1, -0.05) is 6.08 Å². The Hall–Kier alpha value is -0.380.